The second-order valence-corrected chi connectivity index (χ2v) is 12.6. The summed E-state index contributed by atoms with van der Waals surface area (Å²) in [6.07, 6.45) is 21.4. The number of Topliss-reactive ketones (excluding diaryl/α,β-unsaturated/α-hetero) is 1. The zero-order chi connectivity index (χ0) is 25.2. The van der Waals surface area contributed by atoms with Crippen LogP contribution in [0.3, 0.4) is 0 Å². The molecule has 0 amide bonds. The van der Waals surface area contributed by atoms with Gasteiger partial charge in [0, 0.05) is 18.8 Å². The molecule has 4 fully saturated rings. The van der Waals surface area contributed by atoms with Crippen LogP contribution in [0.1, 0.15) is 104 Å². The molecule has 0 aliphatic heterocycles. The van der Waals surface area contributed by atoms with Crippen LogP contribution in [0, 0.1) is 28.6 Å². The third-order valence-corrected chi connectivity index (χ3v) is 10.1. The molecule has 0 heterocycles. The van der Waals surface area contributed by atoms with E-state index in [9.17, 15) is 15.0 Å². The molecule has 6 atom stereocenters. The highest BCUT2D eigenvalue weighted by Gasteiger charge is 2.49. The van der Waals surface area contributed by atoms with E-state index in [0.29, 0.717) is 35.9 Å². The van der Waals surface area contributed by atoms with Crippen molar-refractivity contribution in [3.63, 3.8) is 0 Å². The predicted octanol–water partition coefficient (Wildman–Crippen LogP) is 7.25. The van der Waals surface area contributed by atoms with Crippen LogP contribution >= 0.6 is 0 Å². The van der Waals surface area contributed by atoms with Crippen molar-refractivity contribution in [3.05, 3.63) is 47.6 Å². The van der Waals surface area contributed by atoms with Gasteiger partial charge in [-0.15, -0.1) is 0 Å². The minimum absolute atomic E-state index is 0.217. The van der Waals surface area contributed by atoms with Gasteiger partial charge in [-0.2, -0.15) is 0 Å². The fraction of sp³-hybridized carbons (Fsp3) is 0.719. The first kappa shape index (κ1) is 26.6. The number of aliphatic hydroxyl groups excluding tert-OH is 2. The van der Waals surface area contributed by atoms with E-state index in [0.717, 1.165) is 43.3 Å². The lowest BCUT2D eigenvalue weighted by Crippen LogP contribution is -2.33. The molecule has 4 aliphatic carbocycles. The highest BCUT2D eigenvalue weighted by Crippen LogP contribution is 2.58. The summed E-state index contributed by atoms with van der Waals surface area (Å²) in [5.41, 5.74) is 3.93. The molecule has 6 unspecified atom stereocenters. The zero-order valence-electron chi connectivity index (χ0n) is 22.4. The molecule has 4 aliphatic rings. The number of ketones is 1. The average Bonchev–Trinajstić information content (AvgIpc) is 3.46. The Morgan fingerprint density at radius 3 is 2.63 bits per heavy atom. The maximum absolute atomic E-state index is 12.7. The van der Waals surface area contributed by atoms with E-state index in [1.54, 1.807) is 5.57 Å². The Hall–Kier alpha value is -1.45. The second-order valence-electron chi connectivity index (χ2n) is 12.6. The van der Waals surface area contributed by atoms with Gasteiger partial charge in [0.15, 0.2) is 0 Å². The van der Waals surface area contributed by atoms with Crippen LogP contribution in [0.2, 0.25) is 0 Å². The SMILES string of the molecule is C=C1/C(=C/C=C2/CCCC3(C)C(C/C=C/CC(C(=O)CCC)C4(C)CC4)CCC23)CC(O)CC1O. The quantitative estimate of drug-likeness (QED) is 0.342. The summed E-state index contributed by atoms with van der Waals surface area (Å²) in [4.78, 5) is 12.7. The van der Waals surface area contributed by atoms with Crippen molar-refractivity contribution in [3.8, 4) is 0 Å². The van der Waals surface area contributed by atoms with Gasteiger partial charge in [-0.3, -0.25) is 4.79 Å². The molecule has 2 N–H and O–H groups in total. The highest BCUT2D eigenvalue weighted by molar-refractivity contribution is 5.82. The summed E-state index contributed by atoms with van der Waals surface area (Å²) < 4.78 is 0. The maximum atomic E-state index is 12.7. The molecule has 0 saturated heterocycles. The Bertz CT molecular complexity index is 888. The van der Waals surface area contributed by atoms with Gasteiger partial charge in [-0.05, 0) is 104 Å². The third kappa shape index (κ3) is 5.77. The minimum Gasteiger partial charge on any atom is -0.393 e. The summed E-state index contributed by atoms with van der Waals surface area (Å²) >= 11 is 0. The number of carbonyl (C=O) groups is 1. The van der Waals surface area contributed by atoms with Crippen LogP contribution in [0.25, 0.3) is 0 Å². The minimum atomic E-state index is -0.623. The first-order chi connectivity index (χ1) is 16.7. The van der Waals surface area contributed by atoms with Gasteiger partial charge >= 0.3 is 0 Å². The van der Waals surface area contributed by atoms with Gasteiger partial charge in [-0.25, -0.2) is 0 Å². The van der Waals surface area contributed by atoms with Crippen molar-refractivity contribution < 1.29 is 15.0 Å². The van der Waals surface area contributed by atoms with E-state index in [2.05, 4.69) is 51.7 Å². The second kappa shape index (κ2) is 10.9. The predicted molar refractivity (Wildman–Crippen MR) is 144 cm³/mol. The molecule has 3 heteroatoms. The van der Waals surface area contributed by atoms with Gasteiger partial charge in [-0.1, -0.05) is 57.2 Å². The lowest BCUT2D eigenvalue weighted by Gasteiger charge is -2.42. The largest absolute Gasteiger partial charge is 0.393 e. The molecule has 4 saturated carbocycles. The molecular formula is C32H48O3. The van der Waals surface area contributed by atoms with Gasteiger partial charge in [0.2, 0.25) is 0 Å². The number of fused-ring (bicyclic) bond motifs is 1. The number of allylic oxidation sites excluding steroid dienone is 5. The first-order valence-corrected chi connectivity index (χ1v) is 14.3. The normalized spacial score (nSPS) is 37.7. The number of hydrogen-bond acceptors (Lipinski definition) is 3. The summed E-state index contributed by atoms with van der Waals surface area (Å²) in [7, 11) is 0. The molecule has 0 aromatic rings. The van der Waals surface area contributed by atoms with Crippen molar-refractivity contribution in [2.45, 2.75) is 116 Å². The Morgan fingerprint density at radius 2 is 1.91 bits per heavy atom. The summed E-state index contributed by atoms with van der Waals surface area (Å²) in [6.45, 7) is 11.0. The molecule has 0 bridgehead atoms. The van der Waals surface area contributed by atoms with Crippen LogP contribution in [0.4, 0.5) is 0 Å². The molecule has 0 spiro atoms. The molecule has 3 nitrogen and oxygen atoms in total. The van der Waals surface area contributed by atoms with Gasteiger partial charge < -0.3 is 10.2 Å². The van der Waals surface area contributed by atoms with E-state index in [1.165, 1.54) is 38.5 Å². The summed E-state index contributed by atoms with van der Waals surface area (Å²) in [6, 6.07) is 0. The maximum Gasteiger partial charge on any atom is 0.136 e. The first-order valence-electron chi connectivity index (χ1n) is 14.3. The molecule has 0 aromatic carbocycles. The van der Waals surface area contributed by atoms with Crippen LogP contribution < -0.4 is 0 Å². The van der Waals surface area contributed by atoms with Gasteiger partial charge in [0.1, 0.15) is 5.78 Å². The number of carbonyl (C=O) groups excluding carboxylic acids is 1. The van der Waals surface area contributed by atoms with Crippen LogP contribution in [-0.4, -0.2) is 28.2 Å². The van der Waals surface area contributed by atoms with Crippen LogP contribution in [0.15, 0.2) is 47.6 Å². The lowest BCUT2D eigenvalue weighted by atomic mass is 9.63. The van der Waals surface area contributed by atoms with Crippen LogP contribution in [0.5, 0.6) is 0 Å². The van der Waals surface area contributed by atoms with Crippen LogP contribution in [-0.2, 0) is 4.79 Å². The smallest absolute Gasteiger partial charge is 0.136 e. The lowest BCUT2D eigenvalue weighted by molar-refractivity contribution is -0.124. The van der Waals surface area contributed by atoms with Crippen molar-refractivity contribution >= 4 is 5.78 Å². The Balaban J connectivity index is 1.39. The number of rotatable bonds is 9. The molecular weight excluding hydrogens is 432 g/mol. The molecule has 0 aromatic heterocycles. The zero-order valence-corrected chi connectivity index (χ0v) is 22.4. The monoisotopic (exact) mass is 480 g/mol. The topological polar surface area (TPSA) is 57.5 Å². The highest BCUT2D eigenvalue weighted by atomic mass is 16.3. The summed E-state index contributed by atoms with van der Waals surface area (Å²) in [5.74, 6) is 2.02. The van der Waals surface area contributed by atoms with Gasteiger partial charge in [0.25, 0.3) is 0 Å². The Labute approximate surface area is 213 Å². The fourth-order valence-corrected chi connectivity index (χ4v) is 7.46. The van der Waals surface area contributed by atoms with Crippen molar-refractivity contribution in [2.24, 2.45) is 28.6 Å². The average molecular weight is 481 g/mol. The summed E-state index contributed by atoms with van der Waals surface area (Å²) in [5, 5.41) is 20.3. The van der Waals surface area contributed by atoms with E-state index in [4.69, 9.17) is 0 Å². The Morgan fingerprint density at radius 1 is 1.14 bits per heavy atom. The third-order valence-electron chi connectivity index (χ3n) is 10.1. The van der Waals surface area contributed by atoms with Crippen molar-refractivity contribution in [2.75, 3.05) is 0 Å². The molecule has 0 radical (unpaired) electrons. The fourth-order valence-electron chi connectivity index (χ4n) is 7.46. The standard InChI is InChI=1S/C32H48O3/c1-5-9-29(34)28(31(3)18-19-31)12-7-6-11-25-15-16-27-23(10-8-17-32(25,27)4)13-14-24-20-26(33)21-30(35)22(24)2/h6-7,13-14,25-28,30,33,35H,2,5,8-12,15-21H2,1,3-4H3/b7-6+,23-13-,24-14+. The van der Waals surface area contributed by atoms with E-state index in [1.807, 2.05) is 0 Å². The van der Waals surface area contributed by atoms with E-state index < -0.39 is 12.2 Å². The molecule has 194 valence electrons. The number of aliphatic hydroxyl groups is 2. The Kier molecular flexibility index (Phi) is 8.28. The van der Waals surface area contributed by atoms with Crippen molar-refractivity contribution in [1.82, 2.24) is 0 Å². The number of hydrogen-bond donors (Lipinski definition) is 2. The van der Waals surface area contributed by atoms with Crippen molar-refractivity contribution in [1.29, 1.82) is 0 Å². The van der Waals surface area contributed by atoms with E-state index in [-0.39, 0.29) is 11.3 Å². The van der Waals surface area contributed by atoms with E-state index >= 15 is 0 Å². The molecule has 35 heavy (non-hydrogen) atoms. The van der Waals surface area contributed by atoms with Gasteiger partial charge in [0.05, 0.1) is 12.2 Å². The molecule has 4 rings (SSSR count).